The normalized spacial score (nSPS) is 10.4. The van der Waals surface area contributed by atoms with Crippen molar-refractivity contribution in [2.45, 2.75) is 13.8 Å². The lowest BCUT2D eigenvalue weighted by Crippen LogP contribution is -2.13. The average molecular weight is 315 g/mol. The van der Waals surface area contributed by atoms with Crippen molar-refractivity contribution >= 4 is 11.6 Å². The number of phenols is 1. The predicted octanol–water partition coefficient (Wildman–Crippen LogP) is 3.29. The summed E-state index contributed by atoms with van der Waals surface area (Å²) < 4.78 is 10.4. The Morgan fingerprint density at radius 1 is 1.13 bits per heavy atom. The van der Waals surface area contributed by atoms with Crippen LogP contribution in [-0.4, -0.2) is 31.3 Å². The Balaban J connectivity index is 2.12. The third-order valence-electron chi connectivity index (χ3n) is 3.44. The number of aryl methyl sites for hydroxylation is 2. The summed E-state index contributed by atoms with van der Waals surface area (Å²) in [4.78, 5) is 12.4. The van der Waals surface area contributed by atoms with Gasteiger partial charge in [0.1, 0.15) is 18.1 Å². The Labute approximate surface area is 135 Å². The predicted molar refractivity (Wildman–Crippen MR) is 89.3 cm³/mol. The van der Waals surface area contributed by atoms with Crippen LogP contribution >= 0.6 is 0 Å². The Morgan fingerprint density at radius 3 is 2.65 bits per heavy atom. The van der Waals surface area contributed by atoms with Crippen LogP contribution in [0.1, 0.15) is 21.5 Å². The molecule has 0 spiro atoms. The van der Waals surface area contributed by atoms with Crippen molar-refractivity contribution in [2.75, 3.05) is 25.6 Å². The van der Waals surface area contributed by atoms with Crippen molar-refractivity contribution < 1.29 is 19.4 Å². The van der Waals surface area contributed by atoms with Crippen LogP contribution in [0, 0.1) is 13.8 Å². The molecule has 2 rings (SSSR count). The van der Waals surface area contributed by atoms with E-state index in [2.05, 4.69) is 5.32 Å². The first-order chi connectivity index (χ1) is 11.0. The molecule has 5 heteroatoms. The number of hydrogen-bond acceptors (Lipinski definition) is 4. The summed E-state index contributed by atoms with van der Waals surface area (Å²) in [5.41, 5.74) is 2.69. The molecule has 0 aliphatic carbocycles. The topological polar surface area (TPSA) is 67.8 Å². The Hall–Kier alpha value is -2.53. The second-order valence-corrected chi connectivity index (χ2v) is 5.28. The average Bonchev–Trinajstić information content (AvgIpc) is 2.53. The standard InChI is InChI=1S/C18H21NO4/c1-12-10-17(20)13(2)9-16(12)19-18(21)14-5-4-6-15(11-14)23-8-7-22-3/h4-6,9-11,20H,7-8H2,1-3H3,(H,19,21). The van der Waals surface area contributed by atoms with Crippen molar-refractivity contribution in [1.29, 1.82) is 0 Å². The second-order valence-electron chi connectivity index (χ2n) is 5.28. The summed E-state index contributed by atoms with van der Waals surface area (Å²) >= 11 is 0. The van der Waals surface area contributed by atoms with Gasteiger partial charge >= 0.3 is 0 Å². The zero-order valence-electron chi connectivity index (χ0n) is 13.6. The van der Waals surface area contributed by atoms with Crippen LogP contribution in [0.2, 0.25) is 0 Å². The Bertz CT molecular complexity index is 697. The van der Waals surface area contributed by atoms with Crippen LogP contribution in [0.3, 0.4) is 0 Å². The van der Waals surface area contributed by atoms with Crippen LogP contribution < -0.4 is 10.1 Å². The number of anilines is 1. The third kappa shape index (κ3) is 4.47. The number of phenolic OH excluding ortho intramolecular Hbond substituents is 1. The van der Waals surface area contributed by atoms with E-state index in [0.29, 0.717) is 35.8 Å². The van der Waals surface area contributed by atoms with Gasteiger partial charge in [0.05, 0.1) is 6.61 Å². The number of carbonyl (C=O) groups is 1. The Kier molecular flexibility index (Phi) is 5.60. The molecule has 0 unspecified atom stereocenters. The van der Waals surface area contributed by atoms with Crippen LogP contribution in [0.5, 0.6) is 11.5 Å². The molecule has 5 nitrogen and oxygen atoms in total. The lowest BCUT2D eigenvalue weighted by Gasteiger charge is -2.11. The van der Waals surface area contributed by atoms with Gasteiger partial charge in [-0.3, -0.25) is 4.79 Å². The van der Waals surface area contributed by atoms with E-state index in [4.69, 9.17) is 9.47 Å². The number of amides is 1. The molecule has 0 saturated carbocycles. The zero-order chi connectivity index (χ0) is 16.8. The fraction of sp³-hybridized carbons (Fsp3) is 0.278. The third-order valence-corrected chi connectivity index (χ3v) is 3.44. The van der Waals surface area contributed by atoms with Crippen molar-refractivity contribution in [3.8, 4) is 11.5 Å². The van der Waals surface area contributed by atoms with E-state index in [1.807, 2.05) is 6.92 Å². The fourth-order valence-electron chi connectivity index (χ4n) is 2.10. The van der Waals surface area contributed by atoms with E-state index in [1.165, 1.54) is 0 Å². The van der Waals surface area contributed by atoms with Crippen molar-refractivity contribution in [2.24, 2.45) is 0 Å². The summed E-state index contributed by atoms with van der Waals surface area (Å²) in [6.45, 7) is 4.54. The van der Waals surface area contributed by atoms with Gasteiger partial charge in [-0.05, 0) is 55.3 Å². The largest absolute Gasteiger partial charge is 0.508 e. The minimum atomic E-state index is -0.226. The van der Waals surface area contributed by atoms with E-state index < -0.39 is 0 Å². The molecule has 122 valence electrons. The highest BCUT2D eigenvalue weighted by atomic mass is 16.5. The summed E-state index contributed by atoms with van der Waals surface area (Å²) in [7, 11) is 1.61. The maximum Gasteiger partial charge on any atom is 0.255 e. The molecular formula is C18H21NO4. The number of hydrogen-bond donors (Lipinski definition) is 2. The highest BCUT2D eigenvalue weighted by Crippen LogP contribution is 2.25. The number of ether oxygens (including phenoxy) is 2. The molecule has 0 bridgehead atoms. The monoisotopic (exact) mass is 315 g/mol. The molecule has 0 radical (unpaired) electrons. The van der Waals surface area contributed by atoms with E-state index in [-0.39, 0.29) is 11.7 Å². The van der Waals surface area contributed by atoms with E-state index >= 15 is 0 Å². The summed E-state index contributed by atoms with van der Waals surface area (Å²) in [5.74, 6) is 0.609. The number of aromatic hydroxyl groups is 1. The Morgan fingerprint density at radius 2 is 1.91 bits per heavy atom. The summed E-state index contributed by atoms with van der Waals surface area (Å²) in [6, 6.07) is 10.4. The van der Waals surface area contributed by atoms with Crippen molar-refractivity contribution in [1.82, 2.24) is 0 Å². The van der Waals surface area contributed by atoms with Gasteiger partial charge in [-0.15, -0.1) is 0 Å². The first kappa shape index (κ1) is 16.8. The zero-order valence-corrected chi connectivity index (χ0v) is 13.6. The minimum absolute atomic E-state index is 0.217. The van der Waals surface area contributed by atoms with Gasteiger partial charge in [-0.2, -0.15) is 0 Å². The molecule has 2 N–H and O–H groups in total. The molecule has 0 atom stereocenters. The van der Waals surface area contributed by atoms with Crippen molar-refractivity contribution in [3.05, 3.63) is 53.1 Å². The fourth-order valence-corrected chi connectivity index (χ4v) is 2.10. The smallest absolute Gasteiger partial charge is 0.255 e. The highest BCUT2D eigenvalue weighted by Gasteiger charge is 2.10. The molecule has 0 aliphatic heterocycles. The molecule has 0 saturated heterocycles. The van der Waals surface area contributed by atoms with Gasteiger partial charge in [0.2, 0.25) is 0 Å². The van der Waals surface area contributed by atoms with Crippen LogP contribution in [-0.2, 0) is 4.74 Å². The number of methoxy groups -OCH3 is 1. The molecule has 0 aromatic heterocycles. The lowest BCUT2D eigenvalue weighted by atomic mass is 10.1. The van der Waals surface area contributed by atoms with Gasteiger partial charge < -0.3 is 19.9 Å². The molecule has 1 amide bonds. The van der Waals surface area contributed by atoms with Gasteiger partial charge in [-0.1, -0.05) is 6.07 Å². The van der Waals surface area contributed by atoms with Crippen LogP contribution in [0.4, 0.5) is 5.69 Å². The first-order valence-corrected chi connectivity index (χ1v) is 7.34. The molecule has 23 heavy (non-hydrogen) atoms. The molecule has 2 aromatic carbocycles. The molecule has 0 heterocycles. The van der Waals surface area contributed by atoms with Crippen LogP contribution in [0.15, 0.2) is 36.4 Å². The SMILES string of the molecule is COCCOc1cccc(C(=O)Nc2cc(C)c(O)cc2C)c1. The highest BCUT2D eigenvalue weighted by molar-refractivity contribution is 6.05. The lowest BCUT2D eigenvalue weighted by molar-refractivity contribution is 0.102. The molecule has 2 aromatic rings. The van der Waals surface area contributed by atoms with Crippen LogP contribution in [0.25, 0.3) is 0 Å². The first-order valence-electron chi connectivity index (χ1n) is 7.34. The molecule has 0 aliphatic rings. The van der Waals surface area contributed by atoms with E-state index in [9.17, 15) is 9.90 Å². The number of carbonyl (C=O) groups excluding carboxylic acids is 1. The van der Waals surface area contributed by atoms with E-state index in [0.717, 1.165) is 5.56 Å². The number of rotatable bonds is 6. The van der Waals surface area contributed by atoms with Gasteiger partial charge in [0.25, 0.3) is 5.91 Å². The summed E-state index contributed by atoms with van der Waals surface area (Å²) in [6.07, 6.45) is 0. The van der Waals surface area contributed by atoms with Gasteiger partial charge in [0.15, 0.2) is 0 Å². The minimum Gasteiger partial charge on any atom is -0.508 e. The number of benzene rings is 2. The molecular weight excluding hydrogens is 294 g/mol. The van der Waals surface area contributed by atoms with E-state index in [1.54, 1.807) is 50.4 Å². The van der Waals surface area contributed by atoms with Gasteiger partial charge in [0, 0.05) is 18.4 Å². The maximum absolute atomic E-state index is 12.4. The van der Waals surface area contributed by atoms with Gasteiger partial charge in [-0.25, -0.2) is 0 Å². The maximum atomic E-state index is 12.4. The second kappa shape index (κ2) is 7.65. The quantitative estimate of drug-likeness (QED) is 0.634. The molecule has 0 fully saturated rings. The van der Waals surface area contributed by atoms with Crippen molar-refractivity contribution in [3.63, 3.8) is 0 Å². The summed E-state index contributed by atoms with van der Waals surface area (Å²) in [5, 5.41) is 12.5. The number of nitrogens with one attached hydrogen (secondary N) is 1.